The fourth-order valence-electron chi connectivity index (χ4n) is 3.43. The van der Waals surface area contributed by atoms with Gasteiger partial charge in [-0.25, -0.2) is 4.90 Å². The first-order chi connectivity index (χ1) is 16.0. The Morgan fingerprint density at radius 3 is 2.03 bits per heavy atom. The number of thioether (sulfide) groups is 1. The second-order valence-corrected chi connectivity index (χ2v) is 8.56. The number of rotatable bonds is 7. The van der Waals surface area contributed by atoms with Gasteiger partial charge in [-0.15, -0.1) is 11.8 Å². The van der Waals surface area contributed by atoms with Crippen LogP contribution in [-0.4, -0.2) is 37.2 Å². The number of imide groups is 1. The number of benzene rings is 3. The van der Waals surface area contributed by atoms with Crippen LogP contribution in [0.25, 0.3) is 0 Å². The van der Waals surface area contributed by atoms with E-state index in [0.29, 0.717) is 28.4 Å². The Bertz CT molecular complexity index is 1160. The SMILES string of the molecule is COc1ccc(C(=O)Nc2ccc(SC3CC(=O)N(c4ccc(OC)cc4)C3=O)cc2)cc1. The van der Waals surface area contributed by atoms with Gasteiger partial charge in [-0.2, -0.15) is 0 Å². The van der Waals surface area contributed by atoms with Crippen molar-refractivity contribution in [1.29, 1.82) is 0 Å². The van der Waals surface area contributed by atoms with Crippen molar-refractivity contribution in [3.63, 3.8) is 0 Å². The van der Waals surface area contributed by atoms with Gasteiger partial charge in [-0.3, -0.25) is 14.4 Å². The molecule has 1 fully saturated rings. The van der Waals surface area contributed by atoms with E-state index in [9.17, 15) is 14.4 Å². The molecule has 1 aliphatic heterocycles. The maximum absolute atomic E-state index is 12.9. The molecule has 0 saturated carbocycles. The summed E-state index contributed by atoms with van der Waals surface area (Å²) in [5.41, 5.74) is 1.68. The average molecular weight is 463 g/mol. The molecule has 1 aliphatic rings. The molecule has 4 rings (SSSR count). The number of carbonyl (C=O) groups is 3. The molecule has 1 N–H and O–H groups in total. The molecular formula is C25H22N2O5S. The summed E-state index contributed by atoms with van der Waals surface area (Å²) in [6, 6.07) is 20.8. The van der Waals surface area contributed by atoms with Crippen LogP contribution >= 0.6 is 11.8 Å². The van der Waals surface area contributed by atoms with Crippen LogP contribution in [0.15, 0.2) is 77.7 Å². The lowest BCUT2D eigenvalue weighted by Gasteiger charge is -2.15. The van der Waals surface area contributed by atoms with Crippen molar-refractivity contribution in [1.82, 2.24) is 0 Å². The lowest BCUT2D eigenvalue weighted by Crippen LogP contribution is -2.31. The van der Waals surface area contributed by atoms with E-state index in [-0.39, 0.29) is 24.1 Å². The van der Waals surface area contributed by atoms with Crippen molar-refractivity contribution >= 4 is 40.9 Å². The second-order valence-electron chi connectivity index (χ2n) is 7.28. The predicted octanol–water partition coefficient (Wildman–Crippen LogP) is 4.38. The summed E-state index contributed by atoms with van der Waals surface area (Å²) >= 11 is 1.33. The zero-order valence-electron chi connectivity index (χ0n) is 18.1. The van der Waals surface area contributed by atoms with E-state index in [1.54, 1.807) is 74.9 Å². The van der Waals surface area contributed by atoms with E-state index in [1.807, 2.05) is 12.1 Å². The smallest absolute Gasteiger partial charge is 0.255 e. The Kier molecular flexibility index (Phi) is 6.65. The number of anilines is 2. The Morgan fingerprint density at radius 2 is 1.45 bits per heavy atom. The normalized spacial score (nSPS) is 15.5. The number of nitrogens with zero attached hydrogens (tertiary/aromatic N) is 1. The van der Waals surface area contributed by atoms with Crippen molar-refractivity contribution in [2.75, 3.05) is 24.4 Å². The molecule has 1 saturated heterocycles. The minimum Gasteiger partial charge on any atom is -0.497 e. The molecular weight excluding hydrogens is 440 g/mol. The molecule has 3 aromatic carbocycles. The molecule has 1 heterocycles. The molecule has 0 aromatic heterocycles. The van der Waals surface area contributed by atoms with Crippen LogP contribution in [0.1, 0.15) is 16.8 Å². The number of nitrogens with one attached hydrogen (secondary N) is 1. The third-order valence-corrected chi connectivity index (χ3v) is 6.38. The quantitative estimate of drug-likeness (QED) is 0.525. The maximum atomic E-state index is 12.9. The van der Waals surface area contributed by atoms with E-state index in [1.165, 1.54) is 16.7 Å². The highest BCUT2D eigenvalue weighted by atomic mass is 32.2. The number of methoxy groups -OCH3 is 2. The summed E-state index contributed by atoms with van der Waals surface area (Å²) in [7, 11) is 3.13. The summed E-state index contributed by atoms with van der Waals surface area (Å²) < 4.78 is 10.2. The van der Waals surface area contributed by atoms with Crippen molar-refractivity contribution in [2.45, 2.75) is 16.6 Å². The number of amides is 3. The van der Waals surface area contributed by atoms with Crippen LogP contribution in [0.3, 0.4) is 0 Å². The highest BCUT2D eigenvalue weighted by molar-refractivity contribution is 8.00. The summed E-state index contributed by atoms with van der Waals surface area (Å²) in [4.78, 5) is 39.8. The number of ether oxygens (including phenoxy) is 2. The first kappa shape index (κ1) is 22.4. The number of hydrogen-bond acceptors (Lipinski definition) is 6. The third kappa shape index (κ3) is 5.01. The highest BCUT2D eigenvalue weighted by Crippen LogP contribution is 2.34. The largest absolute Gasteiger partial charge is 0.497 e. The second kappa shape index (κ2) is 9.79. The van der Waals surface area contributed by atoms with Gasteiger partial charge in [0.05, 0.1) is 25.2 Å². The molecule has 3 aromatic rings. The first-order valence-electron chi connectivity index (χ1n) is 10.2. The summed E-state index contributed by atoms with van der Waals surface area (Å²) in [6.07, 6.45) is 0.130. The monoisotopic (exact) mass is 462 g/mol. The van der Waals surface area contributed by atoms with Crippen molar-refractivity contribution in [3.05, 3.63) is 78.4 Å². The third-order valence-electron chi connectivity index (χ3n) is 5.18. The molecule has 0 aliphatic carbocycles. The topological polar surface area (TPSA) is 84.9 Å². The van der Waals surface area contributed by atoms with Gasteiger partial charge >= 0.3 is 0 Å². The van der Waals surface area contributed by atoms with Gasteiger partial charge in [-0.05, 0) is 72.8 Å². The van der Waals surface area contributed by atoms with Gasteiger partial charge in [0.2, 0.25) is 11.8 Å². The fourth-order valence-corrected chi connectivity index (χ4v) is 4.48. The first-order valence-corrected chi connectivity index (χ1v) is 11.1. The minimum absolute atomic E-state index is 0.130. The molecule has 3 amide bonds. The molecule has 0 radical (unpaired) electrons. The van der Waals surface area contributed by atoms with Crippen LogP contribution in [0, 0.1) is 0 Å². The van der Waals surface area contributed by atoms with E-state index in [0.717, 1.165) is 4.90 Å². The van der Waals surface area contributed by atoms with E-state index < -0.39 is 5.25 Å². The predicted molar refractivity (Wildman–Crippen MR) is 127 cm³/mol. The maximum Gasteiger partial charge on any atom is 0.255 e. The van der Waals surface area contributed by atoms with Crippen LogP contribution < -0.4 is 19.7 Å². The van der Waals surface area contributed by atoms with Gasteiger partial charge < -0.3 is 14.8 Å². The molecule has 0 spiro atoms. The summed E-state index contributed by atoms with van der Waals surface area (Å²) in [6.45, 7) is 0. The van der Waals surface area contributed by atoms with Crippen molar-refractivity contribution in [3.8, 4) is 11.5 Å². The van der Waals surface area contributed by atoms with E-state index in [4.69, 9.17) is 9.47 Å². The van der Waals surface area contributed by atoms with E-state index in [2.05, 4.69) is 5.32 Å². The zero-order valence-corrected chi connectivity index (χ0v) is 18.9. The van der Waals surface area contributed by atoms with Gasteiger partial charge in [0.1, 0.15) is 11.5 Å². The van der Waals surface area contributed by atoms with Gasteiger partial charge in [0.15, 0.2) is 0 Å². The van der Waals surface area contributed by atoms with Gasteiger partial charge in [0.25, 0.3) is 5.91 Å². The standard InChI is InChI=1S/C25H22N2O5S/c1-31-19-9-3-16(4-10-19)24(29)26-17-5-13-21(14-6-17)33-22-15-23(28)27(25(22)30)18-7-11-20(32-2)12-8-18/h3-14,22H,15H2,1-2H3,(H,26,29). The highest BCUT2D eigenvalue weighted by Gasteiger charge is 2.40. The Balaban J connectivity index is 1.38. The average Bonchev–Trinajstić information content (AvgIpc) is 3.12. The van der Waals surface area contributed by atoms with Gasteiger partial charge in [-0.1, -0.05) is 0 Å². The van der Waals surface area contributed by atoms with Crippen LogP contribution in [0.4, 0.5) is 11.4 Å². The number of carbonyl (C=O) groups excluding carboxylic acids is 3. The molecule has 0 bridgehead atoms. The fraction of sp³-hybridized carbons (Fsp3) is 0.160. The Labute approximate surface area is 195 Å². The molecule has 1 atom stereocenters. The van der Waals surface area contributed by atoms with Gasteiger partial charge in [0, 0.05) is 22.6 Å². The molecule has 7 nitrogen and oxygen atoms in total. The van der Waals surface area contributed by atoms with Crippen LogP contribution in [-0.2, 0) is 9.59 Å². The van der Waals surface area contributed by atoms with Crippen LogP contribution in [0.5, 0.6) is 11.5 Å². The summed E-state index contributed by atoms with van der Waals surface area (Å²) in [5.74, 6) is 0.629. The molecule has 1 unspecified atom stereocenters. The molecule has 33 heavy (non-hydrogen) atoms. The molecule has 168 valence electrons. The minimum atomic E-state index is -0.501. The Hall–Kier alpha value is -3.78. The Morgan fingerprint density at radius 1 is 0.879 bits per heavy atom. The van der Waals surface area contributed by atoms with Crippen molar-refractivity contribution in [2.24, 2.45) is 0 Å². The van der Waals surface area contributed by atoms with E-state index >= 15 is 0 Å². The number of hydrogen-bond donors (Lipinski definition) is 1. The van der Waals surface area contributed by atoms with Crippen LogP contribution in [0.2, 0.25) is 0 Å². The summed E-state index contributed by atoms with van der Waals surface area (Å²) in [5, 5.41) is 2.34. The lowest BCUT2D eigenvalue weighted by molar-refractivity contribution is -0.121. The lowest BCUT2D eigenvalue weighted by atomic mass is 10.2. The molecule has 8 heteroatoms. The zero-order chi connectivity index (χ0) is 23.4. The van der Waals surface area contributed by atoms with Crippen molar-refractivity contribution < 1.29 is 23.9 Å².